The molecule has 74 valence electrons. The topological polar surface area (TPSA) is 12.0 Å². The van der Waals surface area contributed by atoms with E-state index in [2.05, 4.69) is 42.2 Å². The van der Waals surface area contributed by atoms with E-state index in [-0.39, 0.29) is 0 Å². The lowest BCUT2D eigenvalue weighted by Gasteiger charge is -2.45. The van der Waals surface area contributed by atoms with Crippen molar-refractivity contribution in [2.75, 3.05) is 11.9 Å². The molecule has 0 aromatic heterocycles. The molecule has 0 saturated heterocycles. The number of hydrogen-bond acceptors (Lipinski definition) is 2. The van der Waals surface area contributed by atoms with Crippen LogP contribution in [-0.2, 0) is 0 Å². The molecule has 1 aromatic rings. The molecule has 2 heteroatoms. The second-order valence-corrected chi connectivity index (χ2v) is 5.92. The zero-order valence-electron chi connectivity index (χ0n) is 8.47. The quantitative estimate of drug-likeness (QED) is 0.696. The minimum Gasteiger partial charge on any atom is -0.383 e. The van der Waals surface area contributed by atoms with E-state index in [0.717, 1.165) is 6.54 Å². The van der Waals surface area contributed by atoms with E-state index in [1.807, 2.05) is 0 Å². The van der Waals surface area contributed by atoms with Crippen LogP contribution in [-0.4, -0.2) is 11.3 Å². The Hall–Kier alpha value is -0.630. The summed E-state index contributed by atoms with van der Waals surface area (Å²) >= 11 is 2.11. The Morgan fingerprint density at radius 3 is 2.93 bits per heavy atom. The molecule has 1 heterocycles. The zero-order valence-corrected chi connectivity index (χ0v) is 9.29. The van der Waals surface area contributed by atoms with E-state index in [9.17, 15) is 0 Å². The summed E-state index contributed by atoms with van der Waals surface area (Å²) < 4.78 is 0.541. The molecule has 1 saturated carbocycles. The molecule has 0 radical (unpaired) electrons. The van der Waals surface area contributed by atoms with Crippen molar-refractivity contribution in [2.45, 2.75) is 35.8 Å². The van der Waals surface area contributed by atoms with Crippen LogP contribution in [0.4, 0.5) is 5.69 Å². The smallest absolute Gasteiger partial charge is 0.0481 e. The predicted octanol–water partition coefficient (Wildman–Crippen LogP) is 3.44. The van der Waals surface area contributed by atoms with Crippen LogP contribution in [0, 0.1) is 6.92 Å². The van der Waals surface area contributed by atoms with Gasteiger partial charge in [0.1, 0.15) is 0 Å². The fraction of sp³-hybridized carbons (Fsp3) is 0.500. The molecule has 1 aliphatic carbocycles. The third-order valence-corrected chi connectivity index (χ3v) is 5.13. The van der Waals surface area contributed by atoms with E-state index in [0.29, 0.717) is 4.75 Å². The molecule has 1 nitrogen and oxygen atoms in total. The lowest BCUT2D eigenvalue weighted by molar-refractivity contribution is 0.376. The monoisotopic (exact) mass is 205 g/mol. The number of benzene rings is 1. The van der Waals surface area contributed by atoms with E-state index in [1.165, 1.54) is 35.4 Å². The minimum atomic E-state index is 0.541. The summed E-state index contributed by atoms with van der Waals surface area (Å²) in [5.74, 6) is 0. The summed E-state index contributed by atoms with van der Waals surface area (Å²) in [5.41, 5.74) is 2.76. The van der Waals surface area contributed by atoms with Crippen LogP contribution in [0.1, 0.15) is 24.8 Å². The number of rotatable bonds is 0. The van der Waals surface area contributed by atoms with Crippen LogP contribution in [0.2, 0.25) is 0 Å². The van der Waals surface area contributed by atoms with Crippen LogP contribution in [0.3, 0.4) is 0 Å². The number of thioether (sulfide) groups is 1. The molecule has 0 amide bonds. The highest BCUT2D eigenvalue weighted by Gasteiger charge is 2.41. The summed E-state index contributed by atoms with van der Waals surface area (Å²) in [4.78, 5) is 1.48. The third kappa shape index (κ3) is 1.17. The molecule has 0 atom stereocenters. The summed E-state index contributed by atoms with van der Waals surface area (Å²) in [6, 6.07) is 6.55. The van der Waals surface area contributed by atoms with Gasteiger partial charge in [-0.25, -0.2) is 0 Å². The fourth-order valence-electron chi connectivity index (χ4n) is 2.29. The van der Waals surface area contributed by atoms with E-state index >= 15 is 0 Å². The minimum absolute atomic E-state index is 0.541. The van der Waals surface area contributed by atoms with Crippen molar-refractivity contribution in [3.63, 3.8) is 0 Å². The van der Waals surface area contributed by atoms with Gasteiger partial charge in [0.05, 0.1) is 0 Å². The van der Waals surface area contributed by atoms with Gasteiger partial charge in [-0.3, -0.25) is 0 Å². The summed E-state index contributed by atoms with van der Waals surface area (Å²) in [6.45, 7) is 3.37. The largest absolute Gasteiger partial charge is 0.383 e. The van der Waals surface area contributed by atoms with Crippen molar-refractivity contribution in [3.05, 3.63) is 23.8 Å². The number of hydrogen-bond donors (Lipinski definition) is 1. The molecule has 1 aliphatic heterocycles. The first kappa shape index (κ1) is 8.66. The van der Waals surface area contributed by atoms with Crippen molar-refractivity contribution in [2.24, 2.45) is 0 Å². The first-order valence-corrected chi connectivity index (χ1v) is 6.13. The summed E-state index contributed by atoms with van der Waals surface area (Å²) in [5, 5.41) is 3.58. The average molecular weight is 205 g/mol. The number of fused-ring (bicyclic) bond motifs is 1. The highest BCUT2D eigenvalue weighted by atomic mass is 32.2. The number of anilines is 1. The molecule has 1 aromatic carbocycles. The van der Waals surface area contributed by atoms with Crippen molar-refractivity contribution >= 4 is 17.4 Å². The molecule has 2 aliphatic rings. The van der Waals surface area contributed by atoms with Crippen LogP contribution in [0.25, 0.3) is 0 Å². The Morgan fingerprint density at radius 2 is 2.21 bits per heavy atom. The first-order chi connectivity index (χ1) is 6.79. The van der Waals surface area contributed by atoms with Crippen molar-refractivity contribution in [1.82, 2.24) is 0 Å². The second-order valence-electron chi connectivity index (χ2n) is 4.44. The molecule has 0 bridgehead atoms. The molecule has 1 spiro atoms. The van der Waals surface area contributed by atoms with E-state index < -0.39 is 0 Å². The first-order valence-electron chi connectivity index (χ1n) is 5.32. The van der Waals surface area contributed by atoms with Crippen LogP contribution < -0.4 is 5.32 Å². The van der Waals surface area contributed by atoms with Crippen LogP contribution in [0.5, 0.6) is 0 Å². The van der Waals surface area contributed by atoms with Crippen molar-refractivity contribution in [1.29, 1.82) is 0 Å². The van der Waals surface area contributed by atoms with Crippen molar-refractivity contribution < 1.29 is 0 Å². The standard InChI is InChI=1S/C12H15NS/c1-9-4-2-5-10-11(9)14-12(8-13-10)6-3-7-12/h2,4-5,13H,3,6-8H2,1H3. The van der Waals surface area contributed by atoms with E-state index in [4.69, 9.17) is 0 Å². The third-order valence-electron chi connectivity index (χ3n) is 3.40. The predicted molar refractivity (Wildman–Crippen MR) is 62.1 cm³/mol. The molecular weight excluding hydrogens is 190 g/mol. The van der Waals surface area contributed by atoms with Crippen LogP contribution in [0.15, 0.2) is 23.1 Å². The van der Waals surface area contributed by atoms with Gasteiger partial charge in [0, 0.05) is 21.9 Å². The van der Waals surface area contributed by atoms with E-state index in [1.54, 1.807) is 0 Å². The Morgan fingerprint density at radius 1 is 1.36 bits per heavy atom. The maximum atomic E-state index is 3.58. The molecule has 1 fully saturated rings. The van der Waals surface area contributed by atoms with Gasteiger partial charge in [0.15, 0.2) is 0 Å². The Labute approximate surface area is 89.3 Å². The summed E-state index contributed by atoms with van der Waals surface area (Å²) in [6.07, 6.45) is 4.19. The Bertz CT molecular complexity index is 369. The Kier molecular flexibility index (Phi) is 1.81. The van der Waals surface area contributed by atoms with Gasteiger partial charge in [-0.05, 0) is 31.4 Å². The molecule has 14 heavy (non-hydrogen) atoms. The highest BCUT2D eigenvalue weighted by molar-refractivity contribution is 8.01. The highest BCUT2D eigenvalue weighted by Crippen LogP contribution is 2.52. The Balaban J connectivity index is 2.00. The number of aryl methyl sites for hydroxylation is 1. The molecular formula is C12H15NS. The van der Waals surface area contributed by atoms with Gasteiger partial charge < -0.3 is 5.32 Å². The van der Waals surface area contributed by atoms with Gasteiger partial charge in [-0.2, -0.15) is 0 Å². The van der Waals surface area contributed by atoms with Gasteiger partial charge in [-0.15, -0.1) is 11.8 Å². The maximum Gasteiger partial charge on any atom is 0.0481 e. The normalized spacial score (nSPS) is 22.4. The summed E-state index contributed by atoms with van der Waals surface area (Å²) in [7, 11) is 0. The average Bonchev–Trinajstić information content (AvgIpc) is 2.16. The van der Waals surface area contributed by atoms with Crippen molar-refractivity contribution in [3.8, 4) is 0 Å². The zero-order chi connectivity index (χ0) is 9.60. The molecule has 3 rings (SSSR count). The van der Waals surface area contributed by atoms with Gasteiger partial charge in [0.25, 0.3) is 0 Å². The number of nitrogens with one attached hydrogen (secondary N) is 1. The SMILES string of the molecule is Cc1cccc2c1SC1(CCC1)CN2. The molecule has 1 N–H and O–H groups in total. The lowest BCUT2D eigenvalue weighted by Crippen LogP contribution is -2.42. The van der Waals surface area contributed by atoms with Crippen LogP contribution >= 0.6 is 11.8 Å². The molecule has 0 unspecified atom stereocenters. The van der Waals surface area contributed by atoms with Gasteiger partial charge in [-0.1, -0.05) is 18.6 Å². The lowest BCUT2D eigenvalue weighted by atomic mass is 9.84. The second kappa shape index (κ2) is 2.93. The fourth-order valence-corrected chi connectivity index (χ4v) is 3.84. The van der Waals surface area contributed by atoms with Gasteiger partial charge >= 0.3 is 0 Å². The maximum absolute atomic E-state index is 3.58. The van der Waals surface area contributed by atoms with Gasteiger partial charge in [0.2, 0.25) is 0 Å².